The molecule has 2 unspecified atom stereocenters. The molecule has 1 aliphatic carbocycles. The third-order valence-electron chi connectivity index (χ3n) is 6.70. The third kappa shape index (κ3) is 8.69. The van der Waals surface area contributed by atoms with E-state index in [1.807, 2.05) is 36.4 Å². The lowest BCUT2D eigenvalue weighted by Gasteiger charge is -2.39. The fourth-order valence-electron chi connectivity index (χ4n) is 4.61. The molecule has 3 N–H and O–H groups in total. The van der Waals surface area contributed by atoms with E-state index in [1.165, 1.54) is 18.9 Å². The summed E-state index contributed by atoms with van der Waals surface area (Å²) in [5.74, 6) is -3.16. The van der Waals surface area contributed by atoms with Crippen molar-refractivity contribution in [3.63, 3.8) is 0 Å². The molecule has 0 heterocycles. The number of amides is 2. The Hall–Kier alpha value is -3.63. The van der Waals surface area contributed by atoms with Gasteiger partial charge in [-0.3, -0.25) is 9.59 Å². The largest absolute Gasteiger partial charge is 0.481 e. The van der Waals surface area contributed by atoms with Crippen LogP contribution in [-0.4, -0.2) is 63.1 Å². The van der Waals surface area contributed by atoms with Gasteiger partial charge in [0, 0.05) is 10.00 Å². The maximum atomic E-state index is 13.6. The first kappa shape index (κ1) is 30.9. The third-order valence-corrected chi connectivity index (χ3v) is 8.36. The number of methoxy groups -OCH3 is 1. The van der Waals surface area contributed by atoms with Crippen molar-refractivity contribution in [2.75, 3.05) is 7.11 Å². The van der Waals surface area contributed by atoms with Crippen LogP contribution in [0.15, 0.2) is 72.8 Å². The number of hydrogen-bond donors (Lipinski definition) is 2. The van der Waals surface area contributed by atoms with Crippen LogP contribution in [0.1, 0.15) is 43.7 Å². The number of ether oxygens (including phenoxy) is 2. The molecule has 214 valence electrons. The number of carbonyl (C=O) groups is 4. The lowest BCUT2D eigenvalue weighted by molar-refractivity contribution is -0.152. The Morgan fingerprint density at radius 2 is 1.65 bits per heavy atom. The molecule has 0 aliphatic heterocycles. The minimum atomic E-state index is -1.58. The first-order valence-electron chi connectivity index (χ1n) is 13.1. The number of esters is 1. The Labute approximate surface area is 238 Å². The van der Waals surface area contributed by atoms with E-state index in [-0.39, 0.29) is 11.4 Å². The van der Waals surface area contributed by atoms with E-state index < -0.39 is 47.7 Å². The van der Waals surface area contributed by atoms with Crippen molar-refractivity contribution in [2.45, 2.75) is 67.7 Å². The molecule has 4 atom stereocenters. The van der Waals surface area contributed by atoms with Crippen molar-refractivity contribution >= 4 is 35.7 Å². The molecule has 0 fully saturated rings. The van der Waals surface area contributed by atoms with Crippen LogP contribution in [0.3, 0.4) is 0 Å². The van der Waals surface area contributed by atoms with Gasteiger partial charge >= 0.3 is 18.0 Å². The molecule has 2 aromatic carbocycles. The van der Waals surface area contributed by atoms with E-state index in [0.717, 1.165) is 24.8 Å². The zero-order valence-electron chi connectivity index (χ0n) is 22.7. The Morgan fingerprint density at radius 1 is 1.02 bits per heavy atom. The van der Waals surface area contributed by atoms with Gasteiger partial charge in [-0.05, 0) is 36.8 Å². The maximum Gasteiger partial charge on any atom is 0.417 e. The predicted octanol–water partition coefficient (Wildman–Crippen LogP) is 4.34. The van der Waals surface area contributed by atoms with Gasteiger partial charge in [-0.25, -0.2) is 14.5 Å². The van der Waals surface area contributed by atoms with Gasteiger partial charge in [-0.15, -0.1) is 11.8 Å². The van der Waals surface area contributed by atoms with E-state index in [1.54, 1.807) is 24.3 Å². The molecule has 0 spiro atoms. The predicted molar refractivity (Wildman–Crippen MR) is 152 cm³/mol. The molecule has 10 heteroatoms. The standard InChI is InChI=1S/C30H36N2O7S/c1-30(16-10-5-11-17-30)40-24(18-21-12-6-3-7-13-21)26(28(36)38-2)32(27(35)23(31)19-25(33)34)29(37)39-20-22-14-8-4-9-15-22/h3-10,12-15,23-24,26H,11,16-20,31H2,1-2H3,(H,33,34)/t23-,24?,26-,30?/m0/s1. The highest BCUT2D eigenvalue weighted by atomic mass is 32.2. The summed E-state index contributed by atoms with van der Waals surface area (Å²) in [6.07, 6.45) is 5.12. The van der Waals surface area contributed by atoms with Gasteiger partial charge < -0.3 is 20.3 Å². The zero-order valence-corrected chi connectivity index (χ0v) is 23.5. The summed E-state index contributed by atoms with van der Waals surface area (Å²) in [7, 11) is 1.18. The SMILES string of the molecule is COC(=O)[C@H](C(Cc1ccccc1)SC1(C)CC=CCC1)N(C(=O)OCc1ccccc1)C(=O)[C@@H](N)CC(=O)O. The van der Waals surface area contributed by atoms with E-state index >= 15 is 0 Å². The average Bonchev–Trinajstić information content (AvgIpc) is 2.94. The maximum absolute atomic E-state index is 13.6. The summed E-state index contributed by atoms with van der Waals surface area (Å²) < 4.78 is 10.3. The fraction of sp³-hybridized carbons (Fsp3) is 0.400. The van der Waals surface area contributed by atoms with Gasteiger partial charge in [0.05, 0.1) is 19.6 Å². The second-order valence-corrected chi connectivity index (χ2v) is 11.8. The van der Waals surface area contributed by atoms with Gasteiger partial charge in [-0.1, -0.05) is 79.7 Å². The fourth-order valence-corrected chi connectivity index (χ4v) is 6.40. The Morgan fingerprint density at radius 3 is 2.20 bits per heavy atom. The topological polar surface area (TPSA) is 136 Å². The van der Waals surface area contributed by atoms with E-state index in [2.05, 4.69) is 19.1 Å². The summed E-state index contributed by atoms with van der Waals surface area (Å²) >= 11 is 1.51. The zero-order chi connectivity index (χ0) is 29.1. The molecule has 2 amide bonds. The minimum Gasteiger partial charge on any atom is -0.481 e. The number of aliphatic carboxylic acids is 1. The monoisotopic (exact) mass is 568 g/mol. The first-order chi connectivity index (χ1) is 19.1. The minimum absolute atomic E-state index is 0.162. The summed E-state index contributed by atoms with van der Waals surface area (Å²) in [6, 6.07) is 15.3. The number of carboxylic acid groups (broad SMARTS) is 1. The number of carbonyl (C=O) groups excluding carboxylic acids is 3. The summed E-state index contributed by atoms with van der Waals surface area (Å²) in [5.41, 5.74) is 7.52. The van der Waals surface area contributed by atoms with Crippen LogP contribution < -0.4 is 5.73 Å². The van der Waals surface area contributed by atoms with E-state index in [4.69, 9.17) is 15.2 Å². The molecule has 3 rings (SSSR count). The Bertz CT molecular complexity index is 1190. The number of rotatable bonds is 12. The van der Waals surface area contributed by atoms with E-state index in [0.29, 0.717) is 16.9 Å². The second-order valence-electron chi connectivity index (χ2n) is 9.93. The lowest BCUT2D eigenvalue weighted by Crippen LogP contribution is -2.59. The molecule has 40 heavy (non-hydrogen) atoms. The molecule has 1 aliphatic rings. The highest BCUT2D eigenvalue weighted by molar-refractivity contribution is 8.01. The van der Waals surface area contributed by atoms with Crippen molar-refractivity contribution in [1.82, 2.24) is 4.90 Å². The molecule has 0 saturated heterocycles. The lowest BCUT2D eigenvalue weighted by atomic mass is 9.95. The molecule has 2 aromatic rings. The molecule has 0 saturated carbocycles. The highest BCUT2D eigenvalue weighted by Crippen LogP contribution is 2.42. The smallest absolute Gasteiger partial charge is 0.417 e. The Kier molecular flexibility index (Phi) is 11.3. The van der Waals surface area contributed by atoms with Crippen molar-refractivity contribution in [3.05, 3.63) is 83.9 Å². The summed E-state index contributed by atoms with van der Waals surface area (Å²) in [6.45, 7) is 1.92. The molecule has 0 bridgehead atoms. The number of hydrogen-bond acceptors (Lipinski definition) is 8. The first-order valence-corrected chi connectivity index (χ1v) is 14.0. The van der Waals surface area contributed by atoms with Crippen LogP contribution in [0.2, 0.25) is 0 Å². The van der Waals surface area contributed by atoms with Crippen LogP contribution in [0.5, 0.6) is 0 Å². The highest BCUT2D eigenvalue weighted by Gasteiger charge is 2.46. The number of nitrogens with two attached hydrogens (primary N) is 1. The Balaban J connectivity index is 2.05. The van der Waals surface area contributed by atoms with Gasteiger partial charge in [0.2, 0.25) is 5.91 Å². The molecule has 0 aromatic heterocycles. The van der Waals surface area contributed by atoms with Crippen molar-refractivity contribution in [2.24, 2.45) is 5.73 Å². The second kappa shape index (κ2) is 14.7. The van der Waals surface area contributed by atoms with Gasteiger partial charge in [0.25, 0.3) is 0 Å². The quantitative estimate of drug-likeness (QED) is 0.283. The van der Waals surface area contributed by atoms with Crippen LogP contribution >= 0.6 is 11.8 Å². The van der Waals surface area contributed by atoms with E-state index in [9.17, 15) is 24.3 Å². The van der Waals surface area contributed by atoms with Crippen molar-refractivity contribution < 1.29 is 33.8 Å². The number of imide groups is 1. The summed E-state index contributed by atoms with van der Waals surface area (Å²) in [4.78, 5) is 52.7. The molecular weight excluding hydrogens is 532 g/mol. The number of thioether (sulfide) groups is 1. The van der Waals surface area contributed by atoms with Crippen LogP contribution in [0, 0.1) is 0 Å². The van der Waals surface area contributed by atoms with Crippen LogP contribution in [0.4, 0.5) is 4.79 Å². The number of allylic oxidation sites excluding steroid dienone is 2. The van der Waals surface area contributed by atoms with Crippen LogP contribution in [-0.2, 0) is 36.9 Å². The summed E-state index contributed by atoms with van der Waals surface area (Å²) in [5, 5.41) is 8.64. The number of benzene rings is 2. The van der Waals surface area contributed by atoms with Gasteiger partial charge in [0.1, 0.15) is 6.61 Å². The molecule has 0 radical (unpaired) electrons. The molecule has 9 nitrogen and oxygen atoms in total. The molecular formula is C30H36N2O7S. The van der Waals surface area contributed by atoms with Crippen molar-refractivity contribution in [3.8, 4) is 0 Å². The van der Waals surface area contributed by atoms with Gasteiger partial charge in [0.15, 0.2) is 6.04 Å². The van der Waals surface area contributed by atoms with Gasteiger partial charge in [-0.2, -0.15) is 0 Å². The average molecular weight is 569 g/mol. The van der Waals surface area contributed by atoms with Crippen LogP contribution in [0.25, 0.3) is 0 Å². The normalized spacial score (nSPS) is 18.7. The number of nitrogens with zero attached hydrogens (tertiary/aromatic N) is 1. The number of carboxylic acids is 1. The van der Waals surface area contributed by atoms with Crippen molar-refractivity contribution in [1.29, 1.82) is 0 Å².